The SMILES string of the molecule is COCCCNC(=O)CNS(=O)(=O)CCc1ccccc1. The molecular formula is C14H22N2O4S. The van der Waals surface area contributed by atoms with E-state index in [0.717, 1.165) is 5.56 Å². The number of hydrogen-bond donors (Lipinski definition) is 2. The lowest BCUT2D eigenvalue weighted by Gasteiger charge is -2.08. The molecule has 0 aliphatic carbocycles. The Morgan fingerprint density at radius 2 is 1.95 bits per heavy atom. The lowest BCUT2D eigenvalue weighted by Crippen LogP contribution is -2.38. The lowest BCUT2D eigenvalue weighted by atomic mass is 10.2. The number of amides is 1. The van der Waals surface area contributed by atoms with Gasteiger partial charge in [-0.3, -0.25) is 4.79 Å². The zero-order valence-corrected chi connectivity index (χ0v) is 13.0. The van der Waals surface area contributed by atoms with E-state index in [4.69, 9.17) is 4.74 Å². The van der Waals surface area contributed by atoms with Crippen molar-refractivity contribution in [1.82, 2.24) is 10.0 Å². The number of carbonyl (C=O) groups is 1. The molecule has 1 amide bonds. The molecule has 0 fully saturated rings. The van der Waals surface area contributed by atoms with Crippen LogP contribution in [-0.4, -0.2) is 46.9 Å². The summed E-state index contributed by atoms with van der Waals surface area (Å²) in [5.74, 6) is -0.372. The minimum absolute atomic E-state index is 0.0338. The Balaban J connectivity index is 2.24. The number of methoxy groups -OCH3 is 1. The maximum Gasteiger partial charge on any atom is 0.235 e. The Morgan fingerprint density at radius 3 is 2.62 bits per heavy atom. The molecule has 7 heteroatoms. The van der Waals surface area contributed by atoms with Crippen LogP contribution < -0.4 is 10.0 Å². The standard InChI is InChI=1S/C14H22N2O4S/c1-20-10-5-9-15-14(17)12-16-21(18,19)11-8-13-6-3-2-4-7-13/h2-4,6-7,16H,5,8-12H2,1H3,(H,15,17). The van der Waals surface area contributed by atoms with Gasteiger partial charge >= 0.3 is 0 Å². The Bertz CT molecular complexity index is 517. The second-order valence-electron chi connectivity index (χ2n) is 4.57. The summed E-state index contributed by atoms with van der Waals surface area (Å²) in [7, 11) is -1.86. The van der Waals surface area contributed by atoms with E-state index in [9.17, 15) is 13.2 Å². The quantitative estimate of drug-likeness (QED) is 0.608. The first kappa shape index (κ1) is 17.6. The van der Waals surface area contributed by atoms with Gasteiger partial charge in [-0.15, -0.1) is 0 Å². The predicted molar refractivity (Wildman–Crippen MR) is 81.4 cm³/mol. The molecule has 0 spiro atoms. The molecule has 0 unspecified atom stereocenters. The monoisotopic (exact) mass is 314 g/mol. The second kappa shape index (κ2) is 9.49. The van der Waals surface area contributed by atoms with Crippen molar-refractivity contribution in [3.8, 4) is 0 Å². The average molecular weight is 314 g/mol. The lowest BCUT2D eigenvalue weighted by molar-refractivity contribution is -0.120. The summed E-state index contributed by atoms with van der Waals surface area (Å²) in [5.41, 5.74) is 0.951. The smallest absolute Gasteiger partial charge is 0.235 e. The van der Waals surface area contributed by atoms with Gasteiger partial charge in [-0.25, -0.2) is 13.1 Å². The first-order valence-electron chi connectivity index (χ1n) is 6.80. The van der Waals surface area contributed by atoms with Crippen LogP contribution in [0, 0.1) is 0 Å². The van der Waals surface area contributed by atoms with Crippen LogP contribution in [0.2, 0.25) is 0 Å². The summed E-state index contributed by atoms with van der Waals surface area (Å²) in [6, 6.07) is 9.35. The molecule has 0 bridgehead atoms. The van der Waals surface area contributed by atoms with Crippen molar-refractivity contribution in [3.63, 3.8) is 0 Å². The van der Waals surface area contributed by atoms with Gasteiger partial charge in [0, 0.05) is 20.3 Å². The number of hydrogen-bond acceptors (Lipinski definition) is 4. The molecule has 6 nitrogen and oxygen atoms in total. The van der Waals surface area contributed by atoms with Crippen LogP contribution in [0.3, 0.4) is 0 Å². The first-order valence-corrected chi connectivity index (χ1v) is 8.45. The molecule has 0 aromatic heterocycles. The van der Waals surface area contributed by atoms with Gasteiger partial charge in [0.2, 0.25) is 15.9 Å². The fourth-order valence-corrected chi connectivity index (χ4v) is 2.65. The zero-order valence-electron chi connectivity index (χ0n) is 12.2. The van der Waals surface area contributed by atoms with E-state index in [2.05, 4.69) is 10.0 Å². The van der Waals surface area contributed by atoms with Crippen LogP contribution in [-0.2, 0) is 26.0 Å². The fraction of sp³-hybridized carbons (Fsp3) is 0.500. The van der Waals surface area contributed by atoms with Gasteiger partial charge in [-0.1, -0.05) is 30.3 Å². The van der Waals surface area contributed by atoms with Crippen LogP contribution in [0.25, 0.3) is 0 Å². The molecule has 0 aliphatic rings. The molecule has 1 rings (SSSR count). The molecule has 0 radical (unpaired) electrons. The Morgan fingerprint density at radius 1 is 1.24 bits per heavy atom. The van der Waals surface area contributed by atoms with Gasteiger partial charge in [0.15, 0.2) is 0 Å². The van der Waals surface area contributed by atoms with Crippen molar-refractivity contribution in [2.75, 3.05) is 32.6 Å². The van der Waals surface area contributed by atoms with E-state index < -0.39 is 10.0 Å². The molecule has 1 aromatic carbocycles. The van der Waals surface area contributed by atoms with Gasteiger partial charge in [-0.2, -0.15) is 0 Å². The van der Waals surface area contributed by atoms with Crippen LogP contribution in [0.1, 0.15) is 12.0 Å². The van der Waals surface area contributed by atoms with E-state index in [1.165, 1.54) is 0 Å². The molecule has 0 saturated carbocycles. The van der Waals surface area contributed by atoms with Gasteiger partial charge in [0.1, 0.15) is 0 Å². The Hall–Kier alpha value is -1.44. The summed E-state index contributed by atoms with van der Waals surface area (Å²) in [5, 5.41) is 2.62. The van der Waals surface area contributed by atoms with Gasteiger partial charge in [0.05, 0.1) is 12.3 Å². The topological polar surface area (TPSA) is 84.5 Å². The predicted octanol–water partition coefficient (Wildman–Crippen LogP) is 0.301. The molecule has 118 valence electrons. The number of benzene rings is 1. The summed E-state index contributed by atoms with van der Waals surface area (Å²) >= 11 is 0. The third-order valence-corrected chi connectivity index (χ3v) is 4.13. The van der Waals surface area contributed by atoms with Gasteiger partial charge < -0.3 is 10.1 Å². The third kappa shape index (κ3) is 8.44. The first-order chi connectivity index (χ1) is 10.0. The van der Waals surface area contributed by atoms with Crippen molar-refractivity contribution >= 4 is 15.9 Å². The van der Waals surface area contributed by atoms with Crippen LogP contribution in [0.5, 0.6) is 0 Å². The van der Waals surface area contributed by atoms with Crippen LogP contribution in [0.15, 0.2) is 30.3 Å². The summed E-state index contributed by atoms with van der Waals surface area (Å²) < 4.78 is 30.7. The number of rotatable bonds is 10. The van der Waals surface area contributed by atoms with Gasteiger partial charge in [0.25, 0.3) is 0 Å². The molecule has 2 N–H and O–H groups in total. The molecular weight excluding hydrogens is 292 g/mol. The molecule has 1 aromatic rings. The Kier molecular flexibility index (Phi) is 7.96. The highest BCUT2D eigenvalue weighted by Crippen LogP contribution is 2.01. The maximum atomic E-state index is 11.8. The van der Waals surface area contributed by atoms with E-state index >= 15 is 0 Å². The van der Waals surface area contributed by atoms with E-state index in [1.807, 2.05) is 30.3 Å². The normalized spacial score (nSPS) is 11.3. The number of nitrogens with one attached hydrogen (secondary N) is 2. The highest BCUT2D eigenvalue weighted by Gasteiger charge is 2.12. The number of aryl methyl sites for hydroxylation is 1. The van der Waals surface area contributed by atoms with Crippen molar-refractivity contribution in [2.45, 2.75) is 12.8 Å². The molecule has 0 saturated heterocycles. The highest BCUT2D eigenvalue weighted by atomic mass is 32.2. The van der Waals surface area contributed by atoms with E-state index in [1.54, 1.807) is 7.11 Å². The minimum Gasteiger partial charge on any atom is -0.385 e. The third-order valence-electron chi connectivity index (χ3n) is 2.80. The number of ether oxygens (including phenoxy) is 1. The van der Waals surface area contributed by atoms with Gasteiger partial charge in [-0.05, 0) is 18.4 Å². The van der Waals surface area contributed by atoms with Crippen molar-refractivity contribution in [1.29, 1.82) is 0 Å². The summed E-state index contributed by atoms with van der Waals surface area (Å²) in [4.78, 5) is 11.4. The van der Waals surface area contributed by atoms with E-state index in [0.29, 0.717) is 26.0 Å². The van der Waals surface area contributed by atoms with Crippen LogP contribution >= 0.6 is 0 Å². The molecule has 0 heterocycles. The van der Waals surface area contributed by atoms with Crippen molar-refractivity contribution in [2.24, 2.45) is 0 Å². The van der Waals surface area contributed by atoms with Crippen molar-refractivity contribution < 1.29 is 17.9 Å². The largest absolute Gasteiger partial charge is 0.385 e. The van der Waals surface area contributed by atoms with Crippen LogP contribution in [0.4, 0.5) is 0 Å². The molecule has 0 atom stereocenters. The molecule has 0 aliphatic heterocycles. The zero-order chi connectivity index (χ0) is 15.6. The summed E-state index contributed by atoms with van der Waals surface area (Å²) in [6.07, 6.45) is 1.12. The minimum atomic E-state index is -3.45. The average Bonchev–Trinajstić information content (AvgIpc) is 2.49. The maximum absolute atomic E-state index is 11.8. The highest BCUT2D eigenvalue weighted by molar-refractivity contribution is 7.89. The summed E-state index contributed by atoms with van der Waals surface area (Å²) in [6.45, 7) is 0.797. The second-order valence-corrected chi connectivity index (χ2v) is 6.50. The number of carbonyl (C=O) groups excluding carboxylic acids is 1. The van der Waals surface area contributed by atoms with E-state index in [-0.39, 0.29) is 18.2 Å². The molecule has 21 heavy (non-hydrogen) atoms. The van der Waals surface area contributed by atoms with Crippen molar-refractivity contribution in [3.05, 3.63) is 35.9 Å². The fourth-order valence-electron chi connectivity index (χ4n) is 1.65. The Labute approximate surface area is 125 Å². The number of sulfonamides is 1.